The monoisotopic (exact) mass is 292 g/mol. The maximum atomic E-state index is 12.3. The van der Waals surface area contributed by atoms with Gasteiger partial charge in [0.1, 0.15) is 0 Å². The first-order chi connectivity index (χ1) is 10.7. The van der Waals surface area contributed by atoms with E-state index in [9.17, 15) is 4.79 Å². The SMILES string of the molecule is CCC(=O)N(Cc1ccc(CC)cc1)c1cccc(C#N)c1. The lowest BCUT2D eigenvalue weighted by atomic mass is 10.1. The van der Waals surface area contributed by atoms with Gasteiger partial charge in [-0.2, -0.15) is 5.26 Å². The first-order valence-electron chi connectivity index (χ1n) is 7.56. The summed E-state index contributed by atoms with van der Waals surface area (Å²) in [6.45, 7) is 4.49. The van der Waals surface area contributed by atoms with Gasteiger partial charge in [0.2, 0.25) is 5.91 Å². The number of aryl methyl sites for hydroxylation is 1. The highest BCUT2D eigenvalue weighted by Crippen LogP contribution is 2.20. The van der Waals surface area contributed by atoms with Gasteiger partial charge in [-0.25, -0.2) is 0 Å². The fourth-order valence-corrected chi connectivity index (χ4v) is 2.32. The number of hydrogen-bond acceptors (Lipinski definition) is 2. The van der Waals surface area contributed by atoms with Gasteiger partial charge < -0.3 is 4.90 Å². The van der Waals surface area contributed by atoms with Crippen molar-refractivity contribution >= 4 is 11.6 Å². The third-order valence-corrected chi connectivity index (χ3v) is 3.66. The van der Waals surface area contributed by atoms with E-state index in [1.165, 1.54) is 5.56 Å². The van der Waals surface area contributed by atoms with Crippen LogP contribution in [0.3, 0.4) is 0 Å². The highest BCUT2D eigenvalue weighted by atomic mass is 16.2. The molecule has 0 spiro atoms. The Morgan fingerprint density at radius 3 is 2.36 bits per heavy atom. The molecular formula is C19H20N2O. The van der Waals surface area contributed by atoms with Crippen LogP contribution in [0, 0.1) is 11.3 Å². The Morgan fingerprint density at radius 2 is 1.77 bits per heavy atom. The third kappa shape index (κ3) is 3.73. The van der Waals surface area contributed by atoms with E-state index in [4.69, 9.17) is 5.26 Å². The molecule has 0 bridgehead atoms. The van der Waals surface area contributed by atoms with Gasteiger partial charge in [-0.15, -0.1) is 0 Å². The van der Waals surface area contributed by atoms with Gasteiger partial charge in [-0.1, -0.05) is 44.2 Å². The minimum atomic E-state index is 0.0506. The van der Waals surface area contributed by atoms with E-state index in [1.54, 1.807) is 17.0 Å². The number of carbonyl (C=O) groups is 1. The quantitative estimate of drug-likeness (QED) is 0.834. The molecule has 22 heavy (non-hydrogen) atoms. The van der Waals surface area contributed by atoms with E-state index in [2.05, 4.69) is 37.3 Å². The van der Waals surface area contributed by atoms with Crippen molar-refractivity contribution in [1.29, 1.82) is 5.26 Å². The second kappa shape index (κ2) is 7.42. The first kappa shape index (κ1) is 15.8. The van der Waals surface area contributed by atoms with Gasteiger partial charge in [-0.05, 0) is 35.7 Å². The first-order valence-corrected chi connectivity index (χ1v) is 7.56. The summed E-state index contributed by atoms with van der Waals surface area (Å²) in [5, 5.41) is 9.03. The summed E-state index contributed by atoms with van der Waals surface area (Å²) in [7, 11) is 0. The molecule has 112 valence electrons. The third-order valence-electron chi connectivity index (χ3n) is 3.66. The Kier molecular flexibility index (Phi) is 5.32. The molecule has 0 fully saturated rings. The lowest BCUT2D eigenvalue weighted by Gasteiger charge is -2.23. The normalized spacial score (nSPS) is 10.0. The number of anilines is 1. The van der Waals surface area contributed by atoms with Crippen LogP contribution >= 0.6 is 0 Å². The van der Waals surface area contributed by atoms with Crippen LogP contribution in [-0.2, 0) is 17.8 Å². The average Bonchev–Trinajstić information content (AvgIpc) is 2.59. The van der Waals surface area contributed by atoms with Crippen molar-refractivity contribution in [3.8, 4) is 6.07 Å². The van der Waals surface area contributed by atoms with E-state index < -0.39 is 0 Å². The molecule has 0 atom stereocenters. The Hall–Kier alpha value is -2.60. The summed E-state index contributed by atoms with van der Waals surface area (Å²) in [5.41, 5.74) is 3.70. The maximum absolute atomic E-state index is 12.3. The van der Waals surface area contributed by atoms with Crippen LogP contribution in [0.5, 0.6) is 0 Å². The van der Waals surface area contributed by atoms with Crippen molar-refractivity contribution in [2.24, 2.45) is 0 Å². The maximum Gasteiger partial charge on any atom is 0.227 e. The summed E-state index contributed by atoms with van der Waals surface area (Å²) >= 11 is 0. The fourth-order valence-electron chi connectivity index (χ4n) is 2.32. The molecule has 0 aliphatic heterocycles. The number of amides is 1. The molecule has 0 N–H and O–H groups in total. The van der Waals surface area contributed by atoms with Crippen molar-refractivity contribution < 1.29 is 4.79 Å². The zero-order valence-electron chi connectivity index (χ0n) is 13.0. The van der Waals surface area contributed by atoms with Crippen LogP contribution in [0.1, 0.15) is 37.0 Å². The van der Waals surface area contributed by atoms with Crippen molar-refractivity contribution in [2.45, 2.75) is 33.2 Å². The topological polar surface area (TPSA) is 44.1 Å². The second-order valence-electron chi connectivity index (χ2n) is 5.17. The summed E-state index contributed by atoms with van der Waals surface area (Å²) in [6.07, 6.45) is 1.44. The molecule has 0 unspecified atom stereocenters. The summed E-state index contributed by atoms with van der Waals surface area (Å²) in [4.78, 5) is 14.0. The van der Waals surface area contributed by atoms with Crippen LogP contribution in [0.25, 0.3) is 0 Å². The molecule has 0 saturated carbocycles. The highest BCUT2D eigenvalue weighted by molar-refractivity contribution is 5.93. The lowest BCUT2D eigenvalue weighted by molar-refractivity contribution is -0.118. The van der Waals surface area contributed by atoms with Crippen molar-refractivity contribution in [2.75, 3.05) is 4.90 Å². The molecule has 0 aliphatic rings. The highest BCUT2D eigenvalue weighted by Gasteiger charge is 2.15. The predicted molar refractivity (Wildman–Crippen MR) is 88.5 cm³/mol. The molecule has 2 aromatic rings. The molecule has 2 rings (SSSR count). The zero-order valence-corrected chi connectivity index (χ0v) is 13.0. The van der Waals surface area contributed by atoms with Gasteiger partial charge in [-0.3, -0.25) is 4.79 Å². The minimum absolute atomic E-state index is 0.0506. The summed E-state index contributed by atoms with van der Waals surface area (Å²) in [5.74, 6) is 0.0506. The largest absolute Gasteiger partial charge is 0.308 e. The second-order valence-corrected chi connectivity index (χ2v) is 5.17. The van der Waals surface area contributed by atoms with Crippen LogP contribution in [0.2, 0.25) is 0 Å². The van der Waals surface area contributed by atoms with Crippen molar-refractivity contribution in [3.63, 3.8) is 0 Å². The summed E-state index contributed by atoms with van der Waals surface area (Å²) in [6, 6.07) is 17.6. The lowest BCUT2D eigenvalue weighted by Crippen LogP contribution is -2.29. The van der Waals surface area contributed by atoms with E-state index >= 15 is 0 Å². The summed E-state index contributed by atoms with van der Waals surface area (Å²) < 4.78 is 0. The number of benzene rings is 2. The van der Waals surface area contributed by atoms with Gasteiger partial charge >= 0.3 is 0 Å². The van der Waals surface area contributed by atoms with Crippen LogP contribution < -0.4 is 4.90 Å². The van der Waals surface area contributed by atoms with E-state index in [0.29, 0.717) is 18.5 Å². The van der Waals surface area contributed by atoms with Crippen molar-refractivity contribution in [3.05, 3.63) is 65.2 Å². The number of carbonyl (C=O) groups excluding carboxylic acids is 1. The molecule has 0 aliphatic carbocycles. The van der Waals surface area contributed by atoms with Gasteiger partial charge in [0.25, 0.3) is 0 Å². The molecule has 1 amide bonds. The molecular weight excluding hydrogens is 272 g/mol. The smallest absolute Gasteiger partial charge is 0.227 e. The van der Waals surface area contributed by atoms with Gasteiger partial charge in [0.05, 0.1) is 18.2 Å². The number of nitrogens with zero attached hydrogens (tertiary/aromatic N) is 2. The fraction of sp³-hybridized carbons (Fsp3) is 0.263. The van der Waals surface area contributed by atoms with Gasteiger partial charge in [0, 0.05) is 12.1 Å². The standard InChI is InChI=1S/C19H20N2O/c1-3-15-8-10-16(11-9-15)14-21(19(22)4-2)18-7-5-6-17(12-18)13-20/h5-12H,3-4,14H2,1-2H3. The van der Waals surface area contributed by atoms with E-state index in [-0.39, 0.29) is 5.91 Å². The van der Waals surface area contributed by atoms with E-state index in [0.717, 1.165) is 17.7 Å². The van der Waals surface area contributed by atoms with Crippen molar-refractivity contribution in [1.82, 2.24) is 0 Å². The van der Waals surface area contributed by atoms with E-state index in [1.807, 2.05) is 19.1 Å². The van der Waals surface area contributed by atoms with Gasteiger partial charge in [0.15, 0.2) is 0 Å². The predicted octanol–water partition coefficient (Wildman–Crippen LogP) is 4.06. The van der Waals surface area contributed by atoms with Crippen LogP contribution in [0.4, 0.5) is 5.69 Å². The Morgan fingerprint density at radius 1 is 1.09 bits per heavy atom. The molecule has 3 heteroatoms. The number of nitriles is 1. The average molecular weight is 292 g/mol. The van der Waals surface area contributed by atoms with Crippen LogP contribution in [-0.4, -0.2) is 5.91 Å². The molecule has 0 saturated heterocycles. The molecule has 3 nitrogen and oxygen atoms in total. The molecule has 0 heterocycles. The number of rotatable bonds is 5. The zero-order chi connectivity index (χ0) is 15.9. The number of hydrogen-bond donors (Lipinski definition) is 0. The molecule has 0 radical (unpaired) electrons. The Bertz CT molecular complexity index is 683. The molecule has 2 aromatic carbocycles. The van der Waals surface area contributed by atoms with Crippen LogP contribution in [0.15, 0.2) is 48.5 Å². The Balaban J connectivity index is 2.29. The Labute approximate surface area is 131 Å². The minimum Gasteiger partial charge on any atom is -0.308 e. The molecule has 0 aromatic heterocycles.